The van der Waals surface area contributed by atoms with E-state index in [0.717, 1.165) is 24.0 Å². The van der Waals surface area contributed by atoms with Crippen LogP contribution in [0.5, 0.6) is 5.75 Å². The second kappa shape index (κ2) is 6.62. The fraction of sp³-hybridized carbons (Fsp3) is 0.333. The summed E-state index contributed by atoms with van der Waals surface area (Å²) in [5, 5.41) is 0. The van der Waals surface area contributed by atoms with Crippen molar-refractivity contribution in [2.45, 2.75) is 37.8 Å². The lowest BCUT2D eigenvalue weighted by molar-refractivity contribution is -0.274. The molecule has 0 aliphatic heterocycles. The molecule has 0 heterocycles. The van der Waals surface area contributed by atoms with Crippen LogP contribution >= 0.6 is 0 Å². The topological polar surface area (TPSA) is 18.5 Å². The van der Waals surface area contributed by atoms with Crippen molar-refractivity contribution in [3.8, 4) is 5.75 Å². The van der Waals surface area contributed by atoms with Gasteiger partial charge in [0.2, 0.25) is 0 Å². The van der Waals surface area contributed by atoms with Gasteiger partial charge in [0.05, 0.1) is 12.7 Å². The number of alkyl halides is 3. The molecular formula is C18H17F3O2. The van der Waals surface area contributed by atoms with Crippen molar-refractivity contribution in [2.75, 3.05) is 0 Å². The van der Waals surface area contributed by atoms with E-state index in [-0.39, 0.29) is 11.9 Å². The molecule has 1 fully saturated rings. The van der Waals surface area contributed by atoms with Gasteiger partial charge in [0.25, 0.3) is 0 Å². The van der Waals surface area contributed by atoms with Crippen molar-refractivity contribution in [1.82, 2.24) is 0 Å². The summed E-state index contributed by atoms with van der Waals surface area (Å²) in [6.07, 6.45) is -2.64. The highest BCUT2D eigenvalue weighted by Gasteiger charge is 2.32. The van der Waals surface area contributed by atoms with Crippen LogP contribution in [0.15, 0.2) is 54.6 Å². The van der Waals surface area contributed by atoms with E-state index in [4.69, 9.17) is 4.74 Å². The summed E-state index contributed by atoms with van der Waals surface area (Å²) in [4.78, 5) is 0. The van der Waals surface area contributed by atoms with Gasteiger partial charge in [-0.2, -0.15) is 0 Å². The number of hydrogen-bond acceptors (Lipinski definition) is 2. The van der Waals surface area contributed by atoms with Gasteiger partial charge in [0.1, 0.15) is 5.75 Å². The van der Waals surface area contributed by atoms with Gasteiger partial charge in [-0.3, -0.25) is 0 Å². The molecule has 122 valence electrons. The summed E-state index contributed by atoms with van der Waals surface area (Å²) in [6.45, 7) is 0.594. The fourth-order valence-electron chi connectivity index (χ4n) is 2.70. The molecule has 0 amide bonds. The maximum atomic E-state index is 12.1. The maximum absolute atomic E-state index is 12.1. The lowest BCUT2D eigenvalue weighted by Gasteiger charge is -2.35. The quantitative estimate of drug-likeness (QED) is 0.767. The van der Waals surface area contributed by atoms with Crippen molar-refractivity contribution in [2.24, 2.45) is 0 Å². The molecule has 1 aliphatic rings. The van der Waals surface area contributed by atoms with Gasteiger partial charge in [-0.05, 0) is 42.0 Å². The first-order chi connectivity index (χ1) is 11.0. The molecule has 2 aromatic rings. The molecule has 3 rings (SSSR count). The zero-order valence-corrected chi connectivity index (χ0v) is 12.4. The third-order valence-corrected chi connectivity index (χ3v) is 4.01. The average Bonchev–Trinajstić information content (AvgIpc) is 2.47. The van der Waals surface area contributed by atoms with Crippen LogP contribution in [0.3, 0.4) is 0 Å². The Morgan fingerprint density at radius 1 is 0.913 bits per heavy atom. The molecular weight excluding hydrogens is 305 g/mol. The number of benzene rings is 2. The molecule has 0 unspecified atom stereocenters. The molecule has 0 radical (unpaired) electrons. The van der Waals surface area contributed by atoms with Crippen LogP contribution in [0.4, 0.5) is 13.2 Å². The molecule has 0 saturated heterocycles. The molecule has 0 bridgehead atoms. The monoisotopic (exact) mass is 322 g/mol. The molecule has 2 aromatic carbocycles. The van der Waals surface area contributed by atoms with Gasteiger partial charge in [0.15, 0.2) is 0 Å². The predicted molar refractivity (Wildman–Crippen MR) is 80.1 cm³/mol. The highest BCUT2D eigenvalue weighted by Crippen LogP contribution is 2.39. The second-order valence-corrected chi connectivity index (χ2v) is 5.70. The largest absolute Gasteiger partial charge is 0.573 e. The second-order valence-electron chi connectivity index (χ2n) is 5.70. The van der Waals surface area contributed by atoms with Gasteiger partial charge in [-0.1, -0.05) is 42.5 Å². The molecule has 0 spiro atoms. The number of rotatable bonds is 5. The van der Waals surface area contributed by atoms with Crippen molar-refractivity contribution in [3.05, 3.63) is 65.7 Å². The highest BCUT2D eigenvalue weighted by molar-refractivity contribution is 5.31. The van der Waals surface area contributed by atoms with Crippen LogP contribution in [0, 0.1) is 0 Å². The minimum Gasteiger partial charge on any atom is -0.406 e. The Morgan fingerprint density at radius 2 is 1.57 bits per heavy atom. The van der Waals surface area contributed by atoms with Gasteiger partial charge >= 0.3 is 6.36 Å². The minimum absolute atomic E-state index is 0.183. The molecule has 2 nitrogen and oxygen atoms in total. The van der Waals surface area contributed by atoms with E-state index < -0.39 is 6.36 Å². The molecule has 1 saturated carbocycles. The first-order valence-corrected chi connectivity index (χ1v) is 7.51. The van der Waals surface area contributed by atoms with Crippen LogP contribution in [0.25, 0.3) is 0 Å². The number of ether oxygens (including phenoxy) is 2. The van der Waals surface area contributed by atoms with Gasteiger partial charge in [0, 0.05) is 0 Å². The van der Waals surface area contributed by atoms with E-state index in [1.807, 2.05) is 30.3 Å². The van der Waals surface area contributed by atoms with E-state index in [0.29, 0.717) is 12.5 Å². The Hall–Kier alpha value is -2.01. The van der Waals surface area contributed by atoms with E-state index in [1.54, 1.807) is 12.1 Å². The van der Waals surface area contributed by atoms with Crippen LogP contribution in [0.2, 0.25) is 0 Å². The lowest BCUT2D eigenvalue weighted by atomic mass is 9.77. The van der Waals surface area contributed by atoms with Gasteiger partial charge < -0.3 is 9.47 Å². The van der Waals surface area contributed by atoms with Crippen molar-refractivity contribution >= 4 is 0 Å². The molecule has 1 aliphatic carbocycles. The summed E-state index contributed by atoms with van der Waals surface area (Å²) < 4.78 is 46.0. The Morgan fingerprint density at radius 3 is 2.17 bits per heavy atom. The Bertz CT molecular complexity index is 617. The summed E-state index contributed by atoms with van der Waals surface area (Å²) >= 11 is 0. The van der Waals surface area contributed by atoms with Crippen LogP contribution < -0.4 is 4.74 Å². The SMILES string of the molecule is FC(F)(F)Oc1ccc(C2CC(OCc3ccccc3)C2)cc1. The van der Waals surface area contributed by atoms with Gasteiger partial charge in [-0.25, -0.2) is 0 Å². The molecule has 5 heteroatoms. The standard InChI is InChI=1S/C18H17F3O2/c19-18(20,21)23-16-8-6-14(7-9-16)15-10-17(11-15)22-12-13-4-2-1-3-5-13/h1-9,15,17H,10-12H2. The van der Waals surface area contributed by atoms with Gasteiger partial charge in [-0.15, -0.1) is 13.2 Å². The molecule has 23 heavy (non-hydrogen) atoms. The van der Waals surface area contributed by atoms with E-state index in [2.05, 4.69) is 4.74 Å². The summed E-state index contributed by atoms with van der Waals surface area (Å²) in [6, 6.07) is 16.1. The molecule has 0 aromatic heterocycles. The Balaban J connectivity index is 1.46. The smallest absolute Gasteiger partial charge is 0.406 e. The fourth-order valence-corrected chi connectivity index (χ4v) is 2.70. The first-order valence-electron chi connectivity index (χ1n) is 7.51. The number of halogens is 3. The van der Waals surface area contributed by atoms with Crippen molar-refractivity contribution in [1.29, 1.82) is 0 Å². The highest BCUT2D eigenvalue weighted by atomic mass is 19.4. The van der Waals surface area contributed by atoms with Crippen LogP contribution in [-0.4, -0.2) is 12.5 Å². The van der Waals surface area contributed by atoms with Crippen LogP contribution in [-0.2, 0) is 11.3 Å². The molecule has 0 N–H and O–H groups in total. The van der Waals surface area contributed by atoms with E-state index in [9.17, 15) is 13.2 Å². The predicted octanol–water partition coefficient (Wildman–Crippen LogP) is 5.05. The summed E-state index contributed by atoms with van der Waals surface area (Å²) in [5.74, 6) is 0.160. The summed E-state index contributed by atoms with van der Waals surface area (Å²) in [7, 11) is 0. The zero-order chi connectivity index (χ0) is 16.3. The normalized spacial score (nSPS) is 20.8. The van der Waals surface area contributed by atoms with E-state index >= 15 is 0 Å². The Kier molecular flexibility index (Phi) is 4.57. The van der Waals surface area contributed by atoms with Crippen molar-refractivity contribution < 1.29 is 22.6 Å². The average molecular weight is 322 g/mol. The minimum atomic E-state index is -4.64. The molecule has 0 atom stereocenters. The zero-order valence-electron chi connectivity index (χ0n) is 12.4. The Labute approximate surface area is 132 Å². The van der Waals surface area contributed by atoms with E-state index in [1.165, 1.54) is 12.1 Å². The van der Waals surface area contributed by atoms with Crippen molar-refractivity contribution in [3.63, 3.8) is 0 Å². The lowest BCUT2D eigenvalue weighted by Crippen LogP contribution is -2.29. The maximum Gasteiger partial charge on any atom is 0.573 e. The van der Waals surface area contributed by atoms with Crippen LogP contribution in [0.1, 0.15) is 29.9 Å². The third kappa shape index (κ3) is 4.48. The summed E-state index contributed by atoms with van der Waals surface area (Å²) in [5.41, 5.74) is 2.17. The number of hydrogen-bond donors (Lipinski definition) is 0. The third-order valence-electron chi connectivity index (χ3n) is 4.01. The first kappa shape index (κ1) is 15.9.